The third-order valence-corrected chi connectivity index (χ3v) is 5.29. The molecule has 0 unspecified atom stereocenters. The Morgan fingerprint density at radius 3 is 2.86 bits per heavy atom. The summed E-state index contributed by atoms with van der Waals surface area (Å²) in [6, 6.07) is 3.45. The summed E-state index contributed by atoms with van der Waals surface area (Å²) in [6.45, 7) is 4.20. The summed E-state index contributed by atoms with van der Waals surface area (Å²) in [5.41, 5.74) is 3.59. The second kappa shape index (κ2) is 8.06. The smallest absolute Gasteiger partial charge is 0.303 e. The maximum Gasteiger partial charge on any atom is 0.303 e. The molecule has 1 aliphatic heterocycles. The topological polar surface area (TPSA) is 82.8 Å². The zero-order valence-electron chi connectivity index (χ0n) is 16.4. The predicted octanol–water partition coefficient (Wildman–Crippen LogP) is 3.72. The van der Waals surface area contributed by atoms with Crippen LogP contribution in [0.3, 0.4) is 0 Å². The van der Waals surface area contributed by atoms with Crippen molar-refractivity contribution in [1.82, 2.24) is 14.4 Å². The van der Waals surface area contributed by atoms with Crippen LogP contribution >= 0.6 is 0 Å². The maximum absolute atomic E-state index is 15.0. The van der Waals surface area contributed by atoms with Crippen molar-refractivity contribution in [3.8, 4) is 11.3 Å². The van der Waals surface area contributed by atoms with E-state index in [0.29, 0.717) is 35.8 Å². The molecular weight excluding hydrogens is 373 g/mol. The van der Waals surface area contributed by atoms with Gasteiger partial charge in [0.2, 0.25) is 0 Å². The SMILES string of the molecule is Cc1cc(N2CCCC2)c(F)cc1-c1nc2cnccn2c1NCCCC(=O)O. The Morgan fingerprint density at radius 1 is 1.31 bits per heavy atom. The molecule has 8 heteroatoms. The number of imidazole rings is 1. The molecule has 7 nitrogen and oxygen atoms in total. The van der Waals surface area contributed by atoms with Gasteiger partial charge in [-0.25, -0.2) is 9.37 Å². The summed E-state index contributed by atoms with van der Waals surface area (Å²) < 4.78 is 16.8. The van der Waals surface area contributed by atoms with Crippen LogP contribution in [0.1, 0.15) is 31.2 Å². The van der Waals surface area contributed by atoms with Gasteiger partial charge in [-0.1, -0.05) is 0 Å². The van der Waals surface area contributed by atoms with Gasteiger partial charge in [0.1, 0.15) is 17.3 Å². The Hall–Kier alpha value is -3.16. The van der Waals surface area contributed by atoms with Gasteiger partial charge in [0.15, 0.2) is 5.65 Å². The Bertz CT molecular complexity index is 1040. The lowest BCUT2D eigenvalue weighted by Crippen LogP contribution is -2.19. The van der Waals surface area contributed by atoms with Gasteiger partial charge in [-0.05, 0) is 43.9 Å². The lowest BCUT2D eigenvalue weighted by atomic mass is 10.0. The van der Waals surface area contributed by atoms with Gasteiger partial charge in [-0.3, -0.25) is 14.2 Å². The molecule has 3 heterocycles. The quantitative estimate of drug-likeness (QED) is 0.591. The number of aliphatic carboxylic acids is 1. The number of carboxylic acid groups (broad SMARTS) is 1. The van der Waals surface area contributed by atoms with E-state index in [1.165, 1.54) is 0 Å². The van der Waals surface area contributed by atoms with Crippen LogP contribution in [-0.4, -0.2) is 45.1 Å². The maximum atomic E-state index is 15.0. The molecule has 0 radical (unpaired) electrons. The molecule has 0 amide bonds. The van der Waals surface area contributed by atoms with Crippen molar-refractivity contribution in [3.63, 3.8) is 0 Å². The first kappa shape index (κ1) is 19.2. The summed E-state index contributed by atoms with van der Waals surface area (Å²) in [6.07, 6.45) is 7.83. The number of nitrogens with one attached hydrogen (secondary N) is 1. The first-order valence-corrected chi connectivity index (χ1v) is 9.88. The number of aryl methyl sites for hydroxylation is 1. The molecule has 4 rings (SSSR count). The minimum Gasteiger partial charge on any atom is -0.481 e. The summed E-state index contributed by atoms with van der Waals surface area (Å²) >= 11 is 0. The van der Waals surface area contributed by atoms with Gasteiger partial charge >= 0.3 is 5.97 Å². The molecule has 0 aliphatic carbocycles. The predicted molar refractivity (Wildman–Crippen MR) is 110 cm³/mol. The average molecular weight is 397 g/mol. The molecule has 0 bridgehead atoms. The largest absolute Gasteiger partial charge is 0.481 e. The molecule has 152 valence electrons. The van der Waals surface area contributed by atoms with E-state index in [9.17, 15) is 9.18 Å². The number of aromatic nitrogens is 3. The van der Waals surface area contributed by atoms with Crippen LogP contribution in [-0.2, 0) is 4.79 Å². The Balaban J connectivity index is 1.72. The Labute approximate surface area is 168 Å². The molecule has 0 spiro atoms. The van der Waals surface area contributed by atoms with Gasteiger partial charge in [0, 0.05) is 44.0 Å². The molecule has 2 aromatic heterocycles. The van der Waals surface area contributed by atoms with Crippen LogP contribution in [0.4, 0.5) is 15.9 Å². The second-order valence-corrected chi connectivity index (χ2v) is 7.35. The van der Waals surface area contributed by atoms with E-state index in [1.807, 2.05) is 17.4 Å². The van der Waals surface area contributed by atoms with E-state index in [1.54, 1.807) is 24.7 Å². The van der Waals surface area contributed by atoms with E-state index in [-0.39, 0.29) is 12.2 Å². The summed E-state index contributed by atoms with van der Waals surface area (Å²) in [5, 5.41) is 12.1. The van der Waals surface area contributed by atoms with Gasteiger partial charge in [-0.15, -0.1) is 0 Å². The normalized spacial score (nSPS) is 13.9. The number of carboxylic acids is 1. The highest BCUT2D eigenvalue weighted by atomic mass is 19.1. The fourth-order valence-electron chi connectivity index (χ4n) is 3.83. The van der Waals surface area contributed by atoms with Crippen LogP contribution in [0.5, 0.6) is 0 Å². The summed E-state index contributed by atoms with van der Waals surface area (Å²) in [5.74, 6) is -0.367. The lowest BCUT2D eigenvalue weighted by molar-refractivity contribution is -0.137. The van der Waals surface area contributed by atoms with Crippen molar-refractivity contribution in [1.29, 1.82) is 0 Å². The highest BCUT2D eigenvalue weighted by Crippen LogP contribution is 2.35. The summed E-state index contributed by atoms with van der Waals surface area (Å²) in [4.78, 5) is 21.7. The molecule has 1 aromatic carbocycles. The van der Waals surface area contributed by atoms with Crippen molar-refractivity contribution < 1.29 is 14.3 Å². The van der Waals surface area contributed by atoms with Crippen LogP contribution in [0.2, 0.25) is 0 Å². The van der Waals surface area contributed by atoms with E-state index < -0.39 is 5.97 Å². The molecule has 29 heavy (non-hydrogen) atoms. The first-order valence-electron chi connectivity index (χ1n) is 9.88. The number of carbonyl (C=O) groups is 1. The molecule has 0 atom stereocenters. The zero-order chi connectivity index (χ0) is 20.4. The molecule has 2 N–H and O–H groups in total. The zero-order valence-corrected chi connectivity index (χ0v) is 16.4. The van der Waals surface area contributed by atoms with Gasteiger partial charge < -0.3 is 15.3 Å². The van der Waals surface area contributed by atoms with Crippen LogP contribution in [0, 0.1) is 12.7 Å². The lowest BCUT2D eigenvalue weighted by Gasteiger charge is -2.20. The van der Waals surface area contributed by atoms with Crippen LogP contribution < -0.4 is 10.2 Å². The number of anilines is 2. The van der Waals surface area contributed by atoms with Crippen molar-refractivity contribution in [2.24, 2.45) is 0 Å². The third-order valence-electron chi connectivity index (χ3n) is 5.29. The first-order chi connectivity index (χ1) is 14.0. The monoisotopic (exact) mass is 397 g/mol. The highest BCUT2D eigenvalue weighted by Gasteiger charge is 2.21. The molecule has 1 saturated heterocycles. The molecular formula is C21H24FN5O2. The van der Waals surface area contributed by atoms with Crippen molar-refractivity contribution in [3.05, 3.63) is 42.1 Å². The average Bonchev–Trinajstić information content (AvgIpc) is 3.35. The van der Waals surface area contributed by atoms with E-state index in [2.05, 4.69) is 20.2 Å². The Kier molecular flexibility index (Phi) is 5.33. The number of hydrogen-bond acceptors (Lipinski definition) is 5. The second-order valence-electron chi connectivity index (χ2n) is 7.35. The standard InChI is InChI=1S/C21H24FN5O2/c1-14-11-17(26-8-2-3-9-26)16(22)12-15(14)20-21(24-6-4-5-19(28)29)27-10-7-23-13-18(27)25-20/h7,10-13,24H,2-6,8-9H2,1H3,(H,28,29). The molecule has 1 aliphatic rings. The number of hydrogen-bond donors (Lipinski definition) is 2. The fraction of sp³-hybridized carbons (Fsp3) is 0.381. The van der Waals surface area contributed by atoms with Crippen molar-refractivity contribution >= 4 is 23.1 Å². The highest BCUT2D eigenvalue weighted by molar-refractivity contribution is 5.80. The van der Waals surface area contributed by atoms with Gasteiger partial charge in [0.05, 0.1) is 11.9 Å². The number of benzene rings is 1. The van der Waals surface area contributed by atoms with Crippen LogP contribution in [0.25, 0.3) is 16.9 Å². The van der Waals surface area contributed by atoms with E-state index >= 15 is 0 Å². The van der Waals surface area contributed by atoms with Crippen molar-refractivity contribution in [2.45, 2.75) is 32.6 Å². The molecule has 1 fully saturated rings. The summed E-state index contributed by atoms with van der Waals surface area (Å²) in [7, 11) is 0. The number of fused-ring (bicyclic) bond motifs is 1. The minimum atomic E-state index is -0.829. The molecule has 3 aromatic rings. The number of halogens is 1. The third kappa shape index (κ3) is 3.87. The minimum absolute atomic E-state index is 0.0822. The van der Waals surface area contributed by atoms with E-state index in [0.717, 1.165) is 37.1 Å². The van der Waals surface area contributed by atoms with Crippen molar-refractivity contribution in [2.75, 3.05) is 29.9 Å². The van der Waals surface area contributed by atoms with Gasteiger partial charge in [0.25, 0.3) is 0 Å². The van der Waals surface area contributed by atoms with E-state index in [4.69, 9.17) is 5.11 Å². The van der Waals surface area contributed by atoms with Gasteiger partial charge in [-0.2, -0.15) is 0 Å². The van der Waals surface area contributed by atoms with Crippen LogP contribution in [0.15, 0.2) is 30.7 Å². The Morgan fingerprint density at radius 2 is 2.10 bits per heavy atom. The fourth-order valence-corrected chi connectivity index (χ4v) is 3.83. The molecule has 0 saturated carbocycles. The number of nitrogens with zero attached hydrogens (tertiary/aromatic N) is 4. The number of rotatable bonds is 7.